The second kappa shape index (κ2) is 25.5. The Labute approximate surface area is 416 Å². The van der Waals surface area contributed by atoms with Crippen molar-refractivity contribution in [2.75, 3.05) is 47.9 Å². The van der Waals surface area contributed by atoms with Gasteiger partial charge in [0.1, 0.15) is 36.1 Å². The number of esters is 1. The summed E-state index contributed by atoms with van der Waals surface area (Å²) < 4.78 is 232. The normalized spacial score (nSPS) is 18.1. The number of ether oxygens (including phenoxy) is 10. The fraction of sp³-hybridized carbons (Fsp3) is 0.646. The predicted molar refractivity (Wildman–Crippen MR) is 243 cm³/mol. The average molecular weight is 1090 g/mol. The monoisotopic (exact) mass is 1090 g/mol. The molecule has 1 saturated heterocycles. The third kappa shape index (κ3) is 15.9. The summed E-state index contributed by atoms with van der Waals surface area (Å²) in [6, 6.07) is 7.84. The van der Waals surface area contributed by atoms with Crippen molar-refractivity contribution in [3.8, 4) is 23.0 Å². The first-order chi connectivity index (χ1) is 33.6. The molecule has 1 aliphatic rings. The van der Waals surface area contributed by atoms with Crippen LogP contribution in [0.25, 0.3) is 6.08 Å². The topological polar surface area (TPSA) is 109 Å². The van der Waals surface area contributed by atoms with Crippen molar-refractivity contribution in [3.05, 3.63) is 65.3 Å². The second-order valence-corrected chi connectivity index (χ2v) is 24.1. The van der Waals surface area contributed by atoms with Crippen LogP contribution >= 0.6 is 0 Å². The largest absolute Gasteiger partial charge is 0.496 e. The van der Waals surface area contributed by atoms with Crippen molar-refractivity contribution in [1.29, 1.82) is 0 Å². The minimum absolute atomic E-state index is 0.0388. The highest BCUT2D eigenvalue weighted by atomic mass is 28.3. The number of halogens is 13. The molecule has 0 spiro atoms. The summed E-state index contributed by atoms with van der Waals surface area (Å²) in [5.41, 5.74) is 1.08. The van der Waals surface area contributed by atoms with Gasteiger partial charge in [0.05, 0.1) is 53.4 Å². The molecule has 25 heteroatoms. The Kier molecular flexibility index (Phi) is 22.0. The van der Waals surface area contributed by atoms with E-state index in [2.05, 4.69) is 19.6 Å². The van der Waals surface area contributed by atoms with Gasteiger partial charge in [0, 0.05) is 32.7 Å². The molecule has 0 bridgehead atoms. The Morgan fingerprint density at radius 1 is 0.795 bits per heavy atom. The quantitative estimate of drug-likeness (QED) is 0.0186. The number of benzene rings is 2. The molecule has 416 valence electrons. The fourth-order valence-electron chi connectivity index (χ4n) is 7.00. The number of methoxy groups -OCH3 is 3. The molecule has 2 aromatic rings. The maximum atomic E-state index is 14.2. The maximum Gasteiger partial charge on any atom is 0.460 e. The summed E-state index contributed by atoms with van der Waals surface area (Å²) in [4.78, 5) is 13.6. The molecule has 1 fully saturated rings. The SMILES string of the molecule is CCOCOC(/C=C\C[C@@H](C)OCc1ccc(OCCCC(F)(F)C(F)(F)C(F)(F)C(F)(F)C(F)(F)C(F)(F)F)cc1)[C@H]1OC(C)(C)O[C@H]1C/C=C/c1c(OC)c(OC)cc(OC)c1C(=O)OCC[Si](C)(C)C. The Morgan fingerprint density at radius 2 is 1.41 bits per heavy atom. The van der Waals surface area contributed by atoms with Crippen LogP contribution in [0.15, 0.2) is 48.6 Å². The predicted octanol–water partition coefficient (Wildman–Crippen LogP) is 13.0. The lowest BCUT2D eigenvalue weighted by atomic mass is 9.92. The van der Waals surface area contributed by atoms with Crippen molar-refractivity contribution in [3.63, 3.8) is 0 Å². The van der Waals surface area contributed by atoms with Gasteiger partial charge in [-0.05, 0) is 70.7 Å². The smallest absolute Gasteiger partial charge is 0.460 e. The summed E-state index contributed by atoms with van der Waals surface area (Å²) in [6.07, 6.45) is -5.65. The molecule has 2 aromatic carbocycles. The number of rotatable bonds is 30. The minimum Gasteiger partial charge on any atom is -0.496 e. The lowest BCUT2D eigenvalue weighted by Crippen LogP contribution is -2.70. The van der Waals surface area contributed by atoms with E-state index in [9.17, 15) is 61.9 Å². The number of carbonyl (C=O) groups is 1. The third-order valence-electron chi connectivity index (χ3n) is 11.1. The van der Waals surface area contributed by atoms with Crippen LogP contribution in [-0.4, -0.2) is 128 Å². The van der Waals surface area contributed by atoms with E-state index in [1.807, 2.05) is 6.08 Å². The summed E-state index contributed by atoms with van der Waals surface area (Å²) >= 11 is 0. The molecule has 1 heterocycles. The molecular formula is C48H63F13O11Si. The van der Waals surface area contributed by atoms with E-state index >= 15 is 0 Å². The molecular weight excluding hydrogens is 1030 g/mol. The van der Waals surface area contributed by atoms with Crippen molar-refractivity contribution >= 4 is 20.1 Å². The van der Waals surface area contributed by atoms with E-state index in [1.165, 1.54) is 45.6 Å². The van der Waals surface area contributed by atoms with Crippen LogP contribution in [0.4, 0.5) is 57.1 Å². The lowest BCUT2D eigenvalue weighted by molar-refractivity contribution is -0.440. The highest BCUT2D eigenvalue weighted by molar-refractivity contribution is 6.76. The van der Waals surface area contributed by atoms with E-state index in [1.54, 1.807) is 52.0 Å². The van der Waals surface area contributed by atoms with Crippen LogP contribution in [-0.2, 0) is 35.0 Å². The Hall–Kier alpha value is -4.30. The van der Waals surface area contributed by atoms with E-state index in [0.29, 0.717) is 29.9 Å². The van der Waals surface area contributed by atoms with E-state index < -0.39 is 99.5 Å². The second-order valence-electron chi connectivity index (χ2n) is 18.4. The first kappa shape index (κ1) is 63.0. The number of carbonyl (C=O) groups excluding carboxylic acids is 1. The van der Waals surface area contributed by atoms with Gasteiger partial charge in [0.15, 0.2) is 17.3 Å². The van der Waals surface area contributed by atoms with Gasteiger partial charge in [-0.1, -0.05) is 56.1 Å². The molecule has 0 N–H and O–H groups in total. The third-order valence-corrected chi connectivity index (χ3v) is 12.8. The van der Waals surface area contributed by atoms with Crippen LogP contribution in [0.5, 0.6) is 23.0 Å². The van der Waals surface area contributed by atoms with Gasteiger partial charge in [0.25, 0.3) is 0 Å². The van der Waals surface area contributed by atoms with E-state index in [4.69, 9.17) is 47.4 Å². The first-order valence-corrected chi connectivity index (χ1v) is 26.5. The zero-order chi connectivity index (χ0) is 55.4. The molecule has 0 aliphatic carbocycles. The van der Waals surface area contributed by atoms with Crippen molar-refractivity contribution in [2.24, 2.45) is 0 Å². The van der Waals surface area contributed by atoms with Crippen LogP contribution in [0, 0.1) is 0 Å². The van der Waals surface area contributed by atoms with Crippen LogP contribution < -0.4 is 18.9 Å². The maximum absolute atomic E-state index is 14.2. The highest BCUT2D eigenvalue weighted by Crippen LogP contribution is 2.61. The van der Waals surface area contributed by atoms with Gasteiger partial charge < -0.3 is 47.4 Å². The standard InChI is InChI=1S/C48H63F13O11Si/c1-11-66-29-70-34(40-35(71-42(3,4)72-40)18-13-16-33-38(41(62)68-25-26-73(8,9)10)36(63-5)27-37(64-6)39(33)65-7)17-12-15-30(2)69-28-31-19-21-32(22-20-31)67-24-14-23-43(49,50)44(51,52)45(53,54)46(55,56)47(57,58)48(59,60)61/h12-13,16-17,19-22,27,30,34-35,40H,11,14-15,18,23-26,28-29H2,1-10H3/b16-13+,17-12-/t30-,34?,35+,40-/m1/s1. The highest BCUT2D eigenvalue weighted by Gasteiger charge is 2.90. The minimum atomic E-state index is -7.95. The summed E-state index contributed by atoms with van der Waals surface area (Å²) in [7, 11) is 2.80. The summed E-state index contributed by atoms with van der Waals surface area (Å²) in [6.45, 7) is 13.2. The number of hydrogen-bond donors (Lipinski definition) is 0. The van der Waals surface area contributed by atoms with Gasteiger partial charge in [-0.25, -0.2) is 4.79 Å². The molecule has 3 rings (SSSR count). The molecule has 1 unspecified atom stereocenters. The molecule has 0 radical (unpaired) electrons. The zero-order valence-electron chi connectivity index (χ0n) is 42.0. The van der Waals surface area contributed by atoms with Crippen LogP contribution in [0.1, 0.15) is 74.9 Å². The molecule has 0 amide bonds. The zero-order valence-corrected chi connectivity index (χ0v) is 43.0. The van der Waals surface area contributed by atoms with Crippen molar-refractivity contribution in [1.82, 2.24) is 0 Å². The van der Waals surface area contributed by atoms with Gasteiger partial charge in [-0.3, -0.25) is 0 Å². The fourth-order valence-corrected chi connectivity index (χ4v) is 7.71. The van der Waals surface area contributed by atoms with Crippen molar-refractivity contribution < 1.29 is 109 Å². The van der Waals surface area contributed by atoms with Crippen molar-refractivity contribution in [2.45, 2.75) is 152 Å². The van der Waals surface area contributed by atoms with Gasteiger partial charge in [-0.15, -0.1) is 0 Å². The molecule has 0 saturated carbocycles. The van der Waals surface area contributed by atoms with Gasteiger partial charge in [0.2, 0.25) is 0 Å². The first-order valence-electron chi connectivity index (χ1n) is 22.8. The Balaban J connectivity index is 1.66. The van der Waals surface area contributed by atoms with Crippen LogP contribution in [0.3, 0.4) is 0 Å². The lowest BCUT2D eigenvalue weighted by Gasteiger charge is -2.39. The van der Waals surface area contributed by atoms with Gasteiger partial charge in [-0.2, -0.15) is 57.1 Å². The Bertz CT molecular complexity index is 2130. The summed E-state index contributed by atoms with van der Waals surface area (Å²) in [5.74, 6) is -37.9. The molecule has 4 atom stereocenters. The molecule has 0 aromatic heterocycles. The molecule has 1 aliphatic heterocycles. The van der Waals surface area contributed by atoms with E-state index in [0.717, 1.165) is 6.04 Å². The van der Waals surface area contributed by atoms with Crippen LogP contribution in [0.2, 0.25) is 25.7 Å². The molecule has 11 nitrogen and oxygen atoms in total. The van der Waals surface area contributed by atoms with E-state index in [-0.39, 0.29) is 49.2 Å². The Morgan fingerprint density at radius 3 is 1.97 bits per heavy atom. The molecule has 73 heavy (non-hydrogen) atoms. The number of hydrogen-bond acceptors (Lipinski definition) is 11. The van der Waals surface area contributed by atoms with Gasteiger partial charge >= 0.3 is 41.8 Å². The summed E-state index contributed by atoms with van der Waals surface area (Å²) in [5, 5.41) is 0. The average Bonchev–Trinajstić information content (AvgIpc) is 3.61. The number of alkyl halides is 13.